The van der Waals surface area contributed by atoms with Gasteiger partial charge in [-0.15, -0.1) is 0 Å². The van der Waals surface area contributed by atoms with E-state index >= 15 is 0 Å². The van der Waals surface area contributed by atoms with Crippen molar-refractivity contribution < 1.29 is 22.9 Å². The summed E-state index contributed by atoms with van der Waals surface area (Å²) in [6, 6.07) is 4.92. The molecule has 1 aromatic carbocycles. The quantitative estimate of drug-likeness (QED) is 0.689. The lowest BCUT2D eigenvalue weighted by Gasteiger charge is -2.31. The zero-order valence-electron chi connectivity index (χ0n) is 17.2. The molecule has 0 spiro atoms. The highest BCUT2D eigenvalue weighted by Crippen LogP contribution is 2.25. The number of nitrogens with zero attached hydrogens (tertiary/aromatic N) is 2. The first-order chi connectivity index (χ1) is 13.8. The van der Waals surface area contributed by atoms with E-state index < -0.39 is 10.0 Å². The first-order valence-corrected chi connectivity index (χ1v) is 11.7. The third kappa shape index (κ3) is 5.34. The number of quaternary nitrogens is 1. The van der Waals surface area contributed by atoms with E-state index in [-0.39, 0.29) is 16.7 Å². The molecular formula is C20H31N4O4S+. The van der Waals surface area contributed by atoms with Gasteiger partial charge in [0.25, 0.3) is 5.91 Å². The van der Waals surface area contributed by atoms with Crippen LogP contribution in [0.3, 0.4) is 0 Å². The van der Waals surface area contributed by atoms with Gasteiger partial charge in [0, 0.05) is 25.7 Å². The molecule has 2 saturated heterocycles. The van der Waals surface area contributed by atoms with Crippen molar-refractivity contribution in [3.8, 4) is 0 Å². The van der Waals surface area contributed by atoms with E-state index in [0.29, 0.717) is 38.4 Å². The van der Waals surface area contributed by atoms with Crippen molar-refractivity contribution in [1.29, 1.82) is 0 Å². The molecule has 0 aliphatic carbocycles. The Balaban J connectivity index is 1.64. The third-order valence-corrected chi connectivity index (χ3v) is 7.66. The van der Waals surface area contributed by atoms with Crippen LogP contribution >= 0.6 is 0 Å². The van der Waals surface area contributed by atoms with Gasteiger partial charge in [0.05, 0.1) is 31.1 Å². The second-order valence-electron chi connectivity index (χ2n) is 7.92. The molecule has 3 rings (SSSR count). The van der Waals surface area contributed by atoms with Crippen LogP contribution in [0.5, 0.6) is 0 Å². The number of benzene rings is 1. The molecule has 1 aromatic rings. The topological polar surface area (TPSA) is 91.2 Å². The first kappa shape index (κ1) is 21.7. The number of aryl methyl sites for hydroxylation is 1. The molecule has 0 unspecified atom stereocenters. The number of carbonyl (C=O) groups is 2. The predicted octanol–water partition coefficient (Wildman–Crippen LogP) is -0.145. The molecule has 2 amide bonds. The molecule has 29 heavy (non-hydrogen) atoms. The number of anilines is 1. The summed E-state index contributed by atoms with van der Waals surface area (Å²) in [6.45, 7) is 7.58. The second kappa shape index (κ2) is 9.23. The number of sulfonamides is 1. The summed E-state index contributed by atoms with van der Waals surface area (Å²) >= 11 is 0. The molecule has 2 fully saturated rings. The number of hydrogen-bond donors (Lipinski definition) is 2. The number of amides is 2. The molecule has 2 heterocycles. The fourth-order valence-corrected chi connectivity index (χ4v) is 5.43. The Morgan fingerprint density at radius 1 is 1.07 bits per heavy atom. The van der Waals surface area contributed by atoms with Crippen LogP contribution in [-0.2, 0) is 19.6 Å². The average Bonchev–Trinajstić information content (AvgIpc) is 2.70. The van der Waals surface area contributed by atoms with Gasteiger partial charge in [0.1, 0.15) is 0 Å². The standard InChI is InChI=1S/C20H30N4O4S/c1-16-6-7-18(29(27,28)24-8-4-3-5-9-24)14-19(16)21-20(26)15-22-10-12-23(13-11-22)17(2)25/h6-7,14H,3-5,8-13,15H2,1-2H3,(H,21,26)/p+1. The van der Waals surface area contributed by atoms with Gasteiger partial charge in [-0.25, -0.2) is 8.42 Å². The summed E-state index contributed by atoms with van der Waals surface area (Å²) in [4.78, 5) is 27.1. The largest absolute Gasteiger partial charge is 0.332 e. The van der Waals surface area contributed by atoms with Crippen LogP contribution in [0.25, 0.3) is 0 Å². The molecule has 0 radical (unpaired) electrons. The Kier molecular flexibility index (Phi) is 6.92. The lowest BCUT2D eigenvalue weighted by atomic mass is 10.2. The van der Waals surface area contributed by atoms with Crippen molar-refractivity contribution in [2.45, 2.75) is 38.0 Å². The van der Waals surface area contributed by atoms with Gasteiger partial charge in [-0.2, -0.15) is 4.31 Å². The minimum Gasteiger partial charge on any atom is -0.332 e. The lowest BCUT2D eigenvalue weighted by Crippen LogP contribution is -3.15. The van der Waals surface area contributed by atoms with Crippen LogP contribution in [0, 0.1) is 6.92 Å². The van der Waals surface area contributed by atoms with Crippen LogP contribution < -0.4 is 10.2 Å². The monoisotopic (exact) mass is 423 g/mol. The van der Waals surface area contributed by atoms with Crippen LogP contribution in [0.1, 0.15) is 31.7 Å². The van der Waals surface area contributed by atoms with Crippen molar-refractivity contribution in [3.63, 3.8) is 0 Å². The van der Waals surface area contributed by atoms with Crippen molar-refractivity contribution in [2.24, 2.45) is 0 Å². The Morgan fingerprint density at radius 3 is 2.34 bits per heavy atom. The maximum Gasteiger partial charge on any atom is 0.279 e. The van der Waals surface area contributed by atoms with Gasteiger partial charge in [0.15, 0.2) is 6.54 Å². The molecule has 160 valence electrons. The number of rotatable bonds is 5. The van der Waals surface area contributed by atoms with E-state index in [1.165, 1.54) is 4.31 Å². The molecule has 0 bridgehead atoms. The van der Waals surface area contributed by atoms with E-state index in [1.807, 2.05) is 6.92 Å². The molecule has 2 aliphatic heterocycles. The fraction of sp³-hybridized carbons (Fsp3) is 0.600. The maximum atomic E-state index is 12.9. The van der Waals surface area contributed by atoms with E-state index in [2.05, 4.69) is 5.32 Å². The van der Waals surface area contributed by atoms with Crippen molar-refractivity contribution >= 4 is 27.5 Å². The number of nitrogens with one attached hydrogen (secondary N) is 2. The fourth-order valence-electron chi connectivity index (χ4n) is 3.89. The van der Waals surface area contributed by atoms with Crippen LogP contribution in [0.15, 0.2) is 23.1 Å². The normalized spacial score (nSPS) is 19.2. The van der Waals surface area contributed by atoms with Gasteiger partial charge < -0.3 is 15.1 Å². The number of piperazine rings is 1. The molecule has 0 atom stereocenters. The smallest absolute Gasteiger partial charge is 0.279 e. The Bertz CT molecular complexity index is 857. The number of piperidine rings is 1. The van der Waals surface area contributed by atoms with Crippen molar-refractivity contribution in [3.05, 3.63) is 23.8 Å². The van der Waals surface area contributed by atoms with E-state index in [1.54, 1.807) is 30.0 Å². The second-order valence-corrected chi connectivity index (χ2v) is 9.86. The number of hydrogen-bond acceptors (Lipinski definition) is 4. The highest BCUT2D eigenvalue weighted by Gasteiger charge is 2.27. The summed E-state index contributed by atoms with van der Waals surface area (Å²) in [7, 11) is -3.54. The van der Waals surface area contributed by atoms with Crippen molar-refractivity contribution in [1.82, 2.24) is 9.21 Å². The summed E-state index contributed by atoms with van der Waals surface area (Å²) in [6.07, 6.45) is 2.83. The first-order valence-electron chi connectivity index (χ1n) is 10.3. The summed E-state index contributed by atoms with van der Waals surface area (Å²) in [5.74, 6) is -0.0808. The Morgan fingerprint density at radius 2 is 1.72 bits per heavy atom. The molecule has 8 nitrogen and oxygen atoms in total. The van der Waals surface area contributed by atoms with Gasteiger partial charge >= 0.3 is 0 Å². The van der Waals surface area contributed by atoms with Crippen LogP contribution in [0.4, 0.5) is 5.69 Å². The SMILES string of the molecule is CC(=O)N1CC[NH+](CC(=O)Nc2cc(S(=O)(=O)N3CCCCC3)ccc2C)CC1. The number of carbonyl (C=O) groups excluding carboxylic acids is 2. The molecule has 9 heteroatoms. The molecule has 0 saturated carbocycles. The third-order valence-electron chi connectivity index (χ3n) is 5.76. The summed E-state index contributed by atoms with van der Waals surface area (Å²) < 4.78 is 27.4. The van der Waals surface area contributed by atoms with Gasteiger partial charge in [-0.1, -0.05) is 12.5 Å². The van der Waals surface area contributed by atoms with Crippen molar-refractivity contribution in [2.75, 3.05) is 51.1 Å². The van der Waals surface area contributed by atoms with E-state index in [0.717, 1.165) is 42.8 Å². The molecule has 0 aromatic heterocycles. The van der Waals surface area contributed by atoms with Gasteiger partial charge in [-0.05, 0) is 37.5 Å². The minimum absolute atomic E-state index is 0.0656. The lowest BCUT2D eigenvalue weighted by molar-refractivity contribution is -0.895. The predicted molar refractivity (Wildman–Crippen MR) is 110 cm³/mol. The maximum absolute atomic E-state index is 12.9. The highest BCUT2D eigenvalue weighted by atomic mass is 32.2. The van der Waals surface area contributed by atoms with Crippen LogP contribution in [0.2, 0.25) is 0 Å². The summed E-state index contributed by atoms with van der Waals surface area (Å²) in [5, 5.41) is 2.88. The zero-order valence-corrected chi connectivity index (χ0v) is 18.1. The Hall–Kier alpha value is -1.97. The van der Waals surface area contributed by atoms with E-state index in [4.69, 9.17) is 0 Å². The minimum atomic E-state index is -3.54. The molecule has 2 aliphatic rings. The zero-order chi connectivity index (χ0) is 21.0. The molecule has 2 N–H and O–H groups in total. The van der Waals surface area contributed by atoms with Gasteiger partial charge in [-0.3, -0.25) is 9.59 Å². The van der Waals surface area contributed by atoms with Crippen LogP contribution in [-0.4, -0.2) is 75.3 Å². The van der Waals surface area contributed by atoms with E-state index in [9.17, 15) is 18.0 Å². The highest BCUT2D eigenvalue weighted by molar-refractivity contribution is 7.89. The molecular weight excluding hydrogens is 392 g/mol. The Labute approximate surface area is 172 Å². The van der Waals surface area contributed by atoms with Gasteiger partial charge in [0.2, 0.25) is 15.9 Å². The average molecular weight is 424 g/mol. The summed E-state index contributed by atoms with van der Waals surface area (Å²) in [5.41, 5.74) is 1.36.